The molecule has 0 bridgehead atoms. The average molecular weight is 263 g/mol. The SMILES string of the molecule is CN(C)C(=O)NCCNc1nc2cc(N)ccc2o1. The number of nitrogens with two attached hydrogens (primary N) is 1. The van der Waals surface area contributed by atoms with E-state index in [4.69, 9.17) is 10.2 Å². The van der Waals surface area contributed by atoms with Gasteiger partial charge in [0.2, 0.25) is 0 Å². The lowest BCUT2D eigenvalue weighted by Gasteiger charge is -2.11. The Morgan fingerprint density at radius 1 is 1.42 bits per heavy atom. The molecule has 102 valence electrons. The molecule has 2 aromatic rings. The van der Waals surface area contributed by atoms with Crippen molar-refractivity contribution in [2.45, 2.75) is 0 Å². The molecule has 0 saturated carbocycles. The van der Waals surface area contributed by atoms with E-state index < -0.39 is 0 Å². The predicted molar refractivity (Wildman–Crippen MR) is 74.0 cm³/mol. The van der Waals surface area contributed by atoms with Crippen molar-refractivity contribution in [1.82, 2.24) is 15.2 Å². The lowest BCUT2D eigenvalue weighted by atomic mass is 10.3. The number of carbonyl (C=O) groups excluding carboxylic acids is 1. The minimum absolute atomic E-state index is 0.132. The van der Waals surface area contributed by atoms with Crippen LogP contribution in [0.2, 0.25) is 0 Å². The maximum Gasteiger partial charge on any atom is 0.316 e. The van der Waals surface area contributed by atoms with Crippen molar-refractivity contribution in [2.75, 3.05) is 38.2 Å². The summed E-state index contributed by atoms with van der Waals surface area (Å²) in [5.74, 6) is 0. The first-order valence-electron chi connectivity index (χ1n) is 5.91. The maximum atomic E-state index is 11.3. The molecule has 0 aliphatic rings. The summed E-state index contributed by atoms with van der Waals surface area (Å²) in [6.07, 6.45) is 0. The highest BCUT2D eigenvalue weighted by atomic mass is 16.4. The molecular weight excluding hydrogens is 246 g/mol. The van der Waals surface area contributed by atoms with Gasteiger partial charge < -0.3 is 25.7 Å². The Bertz CT molecular complexity index is 579. The topological polar surface area (TPSA) is 96.4 Å². The van der Waals surface area contributed by atoms with Crippen molar-refractivity contribution < 1.29 is 9.21 Å². The Morgan fingerprint density at radius 2 is 2.21 bits per heavy atom. The number of nitrogen functional groups attached to an aromatic ring is 1. The number of aromatic nitrogens is 1. The second-order valence-electron chi connectivity index (χ2n) is 4.30. The molecule has 7 heteroatoms. The smallest absolute Gasteiger partial charge is 0.316 e. The van der Waals surface area contributed by atoms with Gasteiger partial charge in [-0.15, -0.1) is 0 Å². The third-order valence-corrected chi connectivity index (χ3v) is 2.50. The van der Waals surface area contributed by atoms with Crippen molar-refractivity contribution >= 4 is 28.8 Å². The van der Waals surface area contributed by atoms with Crippen molar-refractivity contribution in [3.8, 4) is 0 Å². The van der Waals surface area contributed by atoms with Crippen LogP contribution in [0.4, 0.5) is 16.5 Å². The van der Waals surface area contributed by atoms with Crippen LogP contribution in [0.5, 0.6) is 0 Å². The molecule has 19 heavy (non-hydrogen) atoms. The van der Waals surface area contributed by atoms with Crippen molar-refractivity contribution in [2.24, 2.45) is 0 Å². The summed E-state index contributed by atoms with van der Waals surface area (Å²) in [5.41, 5.74) is 7.69. The van der Waals surface area contributed by atoms with Crippen LogP contribution < -0.4 is 16.4 Å². The van der Waals surface area contributed by atoms with Crippen LogP contribution in [-0.4, -0.2) is 43.1 Å². The summed E-state index contributed by atoms with van der Waals surface area (Å²) in [6.45, 7) is 1.01. The van der Waals surface area contributed by atoms with Gasteiger partial charge >= 0.3 is 6.03 Å². The summed E-state index contributed by atoms with van der Waals surface area (Å²) >= 11 is 0. The van der Waals surface area contributed by atoms with Crippen LogP contribution in [0, 0.1) is 0 Å². The third kappa shape index (κ3) is 3.27. The molecule has 0 radical (unpaired) electrons. The number of fused-ring (bicyclic) bond motifs is 1. The number of nitrogens with zero attached hydrogens (tertiary/aromatic N) is 2. The number of anilines is 2. The molecule has 7 nitrogen and oxygen atoms in total. The molecule has 2 amide bonds. The number of urea groups is 1. The van der Waals surface area contributed by atoms with E-state index in [0.717, 1.165) is 0 Å². The standard InChI is InChI=1S/C12H17N5O2/c1-17(2)12(18)15-6-5-14-11-16-9-7-8(13)3-4-10(9)19-11/h3-4,7H,5-6,13H2,1-2H3,(H,14,16)(H,15,18). The van der Waals surface area contributed by atoms with Gasteiger partial charge in [0.25, 0.3) is 6.01 Å². The number of oxazole rings is 1. The zero-order valence-electron chi connectivity index (χ0n) is 10.9. The molecule has 4 N–H and O–H groups in total. The van der Waals surface area contributed by atoms with Gasteiger partial charge in [0.05, 0.1) is 0 Å². The number of hydrogen-bond donors (Lipinski definition) is 3. The van der Waals surface area contributed by atoms with Crippen LogP contribution in [-0.2, 0) is 0 Å². The van der Waals surface area contributed by atoms with E-state index in [9.17, 15) is 4.79 Å². The minimum Gasteiger partial charge on any atom is -0.424 e. The highest BCUT2D eigenvalue weighted by Gasteiger charge is 2.06. The summed E-state index contributed by atoms with van der Waals surface area (Å²) < 4.78 is 5.48. The number of benzene rings is 1. The van der Waals surface area contributed by atoms with Crippen LogP contribution >= 0.6 is 0 Å². The predicted octanol–water partition coefficient (Wildman–Crippen LogP) is 1.09. The van der Waals surface area contributed by atoms with Gasteiger partial charge in [-0.2, -0.15) is 4.98 Å². The lowest BCUT2D eigenvalue weighted by Crippen LogP contribution is -2.37. The van der Waals surface area contributed by atoms with Gasteiger partial charge in [0.15, 0.2) is 5.58 Å². The Balaban J connectivity index is 1.86. The molecule has 1 aromatic heterocycles. The molecule has 0 aliphatic heterocycles. The molecule has 0 atom stereocenters. The quantitative estimate of drug-likeness (QED) is 0.567. The van der Waals surface area contributed by atoms with Crippen LogP contribution in [0.15, 0.2) is 22.6 Å². The molecule has 0 spiro atoms. The highest BCUT2D eigenvalue weighted by Crippen LogP contribution is 2.20. The van der Waals surface area contributed by atoms with Crippen molar-refractivity contribution in [3.05, 3.63) is 18.2 Å². The summed E-state index contributed by atoms with van der Waals surface area (Å²) in [5, 5.41) is 5.73. The van der Waals surface area contributed by atoms with Crippen molar-refractivity contribution in [1.29, 1.82) is 0 Å². The number of rotatable bonds is 4. The number of hydrogen-bond acceptors (Lipinski definition) is 5. The molecule has 1 heterocycles. The third-order valence-electron chi connectivity index (χ3n) is 2.50. The minimum atomic E-state index is -0.132. The molecule has 1 aromatic carbocycles. The number of nitrogens with one attached hydrogen (secondary N) is 2. The van der Waals surface area contributed by atoms with Crippen LogP contribution in [0.25, 0.3) is 11.1 Å². The zero-order chi connectivity index (χ0) is 13.8. The molecule has 0 unspecified atom stereocenters. The van der Waals surface area contributed by atoms with E-state index in [-0.39, 0.29) is 6.03 Å². The van der Waals surface area contributed by atoms with Gasteiger partial charge in [0.1, 0.15) is 5.52 Å². The fourth-order valence-electron chi connectivity index (χ4n) is 1.52. The molecule has 0 aliphatic carbocycles. The van der Waals surface area contributed by atoms with E-state index in [0.29, 0.717) is 35.9 Å². The Kier molecular flexibility index (Phi) is 3.74. The molecule has 0 saturated heterocycles. The average Bonchev–Trinajstić information content (AvgIpc) is 2.75. The Hall–Kier alpha value is -2.44. The fourth-order valence-corrected chi connectivity index (χ4v) is 1.52. The Morgan fingerprint density at radius 3 is 2.95 bits per heavy atom. The van der Waals surface area contributed by atoms with Crippen molar-refractivity contribution in [3.63, 3.8) is 0 Å². The van der Waals surface area contributed by atoms with E-state index in [1.807, 2.05) is 0 Å². The maximum absolute atomic E-state index is 11.3. The van der Waals surface area contributed by atoms with Crippen LogP contribution in [0.1, 0.15) is 0 Å². The van der Waals surface area contributed by atoms with E-state index in [1.165, 1.54) is 4.90 Å². The lowest BCUT2D eigenvalue weighted by molar-refractivity contribution is 0.218. The molecule has 2 rings (SSSR count). The first-order valence-corrected chi connectivity index (χ1v) is 5.91. The van der Waals surface area contributed by atoms with Gasteiger partial charge in [0, 0.05) is 32.9 Å². The van der Waals surface area contributed by atoms with Gasteiger partial charge in [-0.25, -0.2) is 4.79 Å². The van der Waals surface area contributed by atoms with E-state index in [2.05, 4.69) is 15.6 Å². The summed E-state index contributed by atoms with van der Waals surface area (Å²) in [6, 6.07) is 5.56. The zero-order valence-corrected chi connectivity index (χ0v) is 10.9. The Labute approximate surface area is 110 Å². The van der Waals surface area contributed by atoms with Gasteiger partial charge in [-0.3, -0.25) is 0 Å². The number of carbonyl (C=O) groups is 1. The number of amides is 2. The van der Waals surface area contributed by atoms with E-state index >= 15 is 0 Å². The fraction of sp³-hybridized carbons (Fsp3) is 0.333. The largest absolute Gasteiger partial charge is 0.424 e. The first kappa shape index (κ1) is 13.0. The monoisotopic (exact) mass is 263 g/mol. The normalized spacial score (nSPS) is 10.4. The second-order valence-corrected chi connectivity index (χ2v) is 4.30. The van der Waals surface area contributed by atoms with E-state index in [1.54, 1.807) is 32.3 Å². The summed E-state index contributed by atoms with van der Waals surface area (Å²) in [7, 11) is 3.38. The molecule has 0 fully saturated rings. The highest BCUT2D eigenvalue weighted by molar-refractivity contribution is 5.78. The van der Waals surface area contributed by atoms with Crippen LogP contribution in [0.3, 0.4) is 0 Å². The summed E-state index contributed by atoms with van der Waals surface area (Å²) in [4.78, 5) is 17.0. The van der Waals surface area contributed by atoms with Gasteiger partial charge in [-0.1, -0.05) is 0 Å². The molecular formula is C12H17N5O2. The second kappa shape index (κ2) is 5.47. The van der Waals surface area contributed by atoms with Gasteiger partial charge in [-0.05, 0) is 18.2 Å². The first-order chi connectivity index (χ1) is 9.06.